The fraction of sp³-hybridized carbons (Fsp3) is 0.235. The predicted octanol–water partition coefficient (Wildman–Crippen LogP) is 2.99. The van der Waals surface area contributed by atoms with Crippen molar-refractivity contribution < 1.29 is 4.74 Å². The topological polar surface area (TPSA) is 45.0 Å². The average Bonchev–Trinajstić information content (AvgIpc) is 2.50. The second kappa shape index (κ2) is 7.44. The van der Waals surface area contributed by atoms with E-state index in [4.69, 9.17) is 10.00 Å². The van der Waals surface area contributed by atoms with E-state index in [9.17, 15) is 0 Å². The summed E-state index contributed by atoms with van der Waals surface area (Å²) in [5, 5.41) is 12.2. The molecule has 0 unspecified atom stereocenters. The van der Waals surface area contributed by atoms with Crippen LogP contribution in [0.3, 0.4) is 0 Å². The van der Waals surface area contributed by atoms with Gasteiger partial charge in [-0.1, -0.05) is 36.4 Å². The number of nitrogens with zero attached hydrogens (tertiary/aromatic N) is 1. The van der Waals surface area contributed by atoms with E-state index in [1.54, 1.807) is 7.11 Å². The van der Waals surface area contributed by atoms with E-state index in [0.29, 0.717) is 12.2 Å². The summed E-state index contributed by atoms with van der Waals surface area (Å²) >= 11 is 0. The Bertz CT molecular complexity index is 585. The second-order valence-corrected chi connectivity index (χ2v) is 4.67. The minimum atomic E-state index is 0.647. The maximum atomic E-state index is 8.85. The van der Waals surface area contributed by atoms with Crippen molar-refractivity contribution in [3.63, 3.8) is 0 Å². The van der Waals surface area contributed by atoms with Crippen LogP contribution in [-0.2, 0) is 24.4 Å². The summed E-state index contributed by atoms with van der Waals surface area (Å²) in [5.74, 6) is 0. The molecule has 3 nitrogen and oxygen atoms in total. The SMILES string of the molecule is COCc1ccc(CNCc2cccc(C#N)c2)cc1. The Morgan fingerprint density at radius 3 is 2.40 bits per heavy atom. The van der Waals surface area contributed by atoms with Crippen LogP contribution in [-0.4, -0.2) is 7.11 Å². The lowest BCUT2D eigenvalue weighted by Crippen LogP contribution is -2.12. The molecule has 1 N–H and O–H groups in total. The average molecular weight is 266 g/mol. The molecule has 0 aliphatic heterocycles. The van der Waals surface area contributed by atoms with Crippen LogP contribution in [0.1, 0.15) is 22.3 Å². The number of rotatable bonds is 6. The fourth-order valence-corrected chi connectivity index (χ4v) is 2.02. The van der Waals surface area contributed by atoms with Crippen LogP contribution in [0.2, 0.25) is 0 Å². The molecule has 3 heteroatoms. The van der Waals surface area contributed by atoms with Gasteiger partial charge in [0.2, 0.25) is 0 Å². The Balaban J connectivity index is 1.84. The molecule has 0 amide bonds. The van der Waals surface area contributed by atoms with Gasteiger partial charge in [-0.3, -0.25) is 0 Å². The van der Waals surface area contributed by atoms with Gasteiger partial charge in [-0.25, -0.2) is 0 Å². The zero-order valence-electron chi connectivity index (χ0n) is 11.6. The molecule has 0 saturated carbocycles. The van der Waals surface area contributed by atoms with Gasteiger partial charge in [0.15, 0.2) is 0 Å². The van der Waals surface area contributed by atoms with E-state index in [1.807, 2.05) is 24.3 Å². The van der Waals surface area contributed by atoms with Crippen molar-refractivity contribution in [3.05, 3.63) is 70.8 Å². The van der Waals surface area contributed by atoms with E-state index in [0.717, 1.165) is 18.7 Å². The number of methoxy groups -OCH3 is 1. The number of hydrogen-bond acceptors (Lipinski definition) is 3. The van der Waals surface area contributed by atoms with Crippen LogP contribution in [0.5, 0.6) is 0 Å². The number of nitriles is 1. The lowest BCUT2D eigenvalue weighted by atomic mass is 10.1. The molecular formula is C17H18N2O. The smallest absolute Gasteiger partial charge is 0.0991 e. The van der Waals surface area contributed by atoms with Crippen molar-refractivity contribution in [1.29, 1.82) is 5.26 Å². The monoisotopic (exact) mass is 266 g/mol. The zero-order chi connectivity index (χ0) is 14.2. The molecule has 0 heterocycles. The molecule has 0 spiro atoms. The van der Waals surface area contributed by atoms with Gasteiger partial charge in [0.25, 0.3) is 0 Å². The highest BCUT2D eigenvalue weighted by Crippen LogP contribution is 2.07. The Hall–Kier alpha value is -2.15. The van der Waals surface area contributed by atoms with Crippen LogP contribution in [0.15, 0.2) is 48.5 Å². The molecule has 0 atom stereocenters. The Labute approximate surface area is 119 Å². The Morgan fingerprint density at radius 2 is 1.70 bits per heavy atom. The number of ether oxygens (including phenoxy) is 1. The maximum absolute atomic E-state index is 8.85. The van der Waals surface area contributed by atoms with Gasteiger partial charge in [0.1, 0.15) is 0 Å². The third kappa shape index (κ3) is 4.20. The van der Waals surface area contributed by atoms with Crippen LogP contribution in [0.4, 0.5) is 0 Å². The lowest BCUT2D eigenvalue weighted by Gasteiger charge is -2.06. The van der Waals surface area contributed by atoms with E-state index >= 15 is 0 Å². The first-order valence-corrected chi connectivity index (χ1v) is 6.58. The molecule has 0 bridgehead atoms. The summed E-state index contributed by atoms with van der Waals surface area (Å²) in [6.07, 6.45) is 0. The predicted molar refractivity (Wildman–Crippen MR) is 78.9 cm³/mol. The van der Waals surface area contributed by atoms with Gasteiger partial charge in [-0.05, 0) is 28.8 Å². The first-order chi connectivity index (χ1) is 9.81. The normalized spacial score (nSPS) is 10.2. The van der Waals surface area contributed by atoms with Gasteiger partial charge in [0.05, 0.1) is 18.2 Å². The van der Waals surface area contributed by atoms with Crippen molar-refractivity contribution >= 4 is 0 Å². The standard InChI is InChI=1S/C17H18N2O/c1-20-13-15-7-5-14(6-8-15)11-19-12-17-4-2-3-16(9-17)10-18/h2-9,19H,11-13H2,1H3. The molecule has 0 aromatic heterocycles. The van der Waals surface area contributed by atoms with Gasteiger partial charge in [0, 0.05) is 20.2 Å². The molecule has 2 rings (SSSR count). The maximum Gasteiger partial charge on any atom is 0.0991 e. The molecule has 0 aliphatic rings. The summed E-state index contributed by atoms with van der Waals surface area (Å²) in [6.45, 7) is 2.22. The molecule has 20 heavy (non-hydrogen) atoms. The van der Waals surface area contributed by atoms with Gasteiger partial charge in [-0.2, -0.15) is 5.26 Å². The third-order valence-corrected chi connectivity index (χ3v) is 3.05. The highest BCUT2D eigenvalue weighted by atomic mass is 16.5. The molecule has 0 fully saturated rings. The molecule has 2 aromatic rings. The minimum absolute atomic E-state index is 0.647. The van der Waals surface area contributed by atoms with Crippen molar-refractivity contribution in [2.75, 3.05) is 7.11 Å². The summed E-state index contributed by atoms with van der Waals surface area (Å²) in [6, 6.07) is 18.2. The Kier molecular flexibility index (Phi) is 5.31. The zero-order valence-corrected chi connectivity index (χ0v) is 11.6. The van der Waals surface area contributed by atoms with Gasteiger partial charge < -0.3 is 10.1 Å². The fourth-order valence-electron chi connectivity index (χ4n) is 2.02. The number of benzene rings is 2. The van der Waals surface area contributed by atoms with Crippen LogP contribution in [0, 0.1) is 11.3 Å². The van der Waals surface area contributed by atoms with Crippen molar-refractivity contribution in [2.24, 2.45) is 0 Å². The van der Waals surface area contributed by atoms with E-state index in [-0.39, 0.29) is 0 Å². The molecule has 0 aliphatic carbocycles. The molecule has 102 valence electrons. The van der Waals surface area contributed by atoms with Crippen molar-refractivity contribution in [3.8, 4) is 6.07 Å². The first kappa shape index (κ1) is 14.3. The second-order valence-electron chi connectivity index (χ2n) is 4.67. The minimum Gasteiger partial charge on any atom is -0.380 e. The summed E-state index contributed by atoms with van der Waals surface area (Å²) in [5.41, 5.74) is 4.24. The van der Waals surface area contributed by atoms with E-state index in [2.05, 4.69) is 35.7 Å². The van der Waals surface area contributed by atoms with Crippen molar-refractivity contribution in [1.82, 2.24) is 5.32 Å². The molecule has 0 saturated heterocycles. The van der Waals surface area contributed by atoms with Gasteiger partial charge >= 0.3 is 0 Å². The van der Waals surface area contributed by atoms with Crippen LogP contribution < -0.4 is 5.32 Å². The van der Waals surface area contributed by atoms with Crippen molar-refractivity contribution in [2.45, 2.75) is 19.7 Å². The van der Waals surface area contributed by atoms with Gasteiger partial charge in [-0.15, -0.1) is 0 Å². The Morgan fingerprint density at radius 1 is 1.00 bits per heavy atom. The highest BCUT2D eigenvalue weighted by Gasteiger charge is 1.97. The summed E-state index contributed by atoms with van der Waals surface area (Å²) < 4.78 is 5.09. The van der Waals surface area contributed by atoms with Crippen LogP contribution >= 0.6 is 0 Å². The number of hydrogen-bond donors (Lipinski definition) is 1. The number of nitrogens with one attached hydrogen (secondary N) is 1. The highest BCUT2D eigenvalue weighted by molar-refractivity contribution is 5.32. The molecule has 2 aromatic carbocycles. The van der Waals surface area contributed by atoms with E-state index < -0.39 is 0 Å². The largest absolute Gasteiger partial charge is 0.380 e. The van der Waals surface area contributed by atoms with Crippen LogP contribution in [0.25, 0.3) is 0 Å². The summed E-state index contributed by atoms with van der Waals surface area (Å²) in [7, 11) is 1.70. The molecule has 0 radical (unpaired) electrons. The first-order valence-electron chi connectivity index (χ1n) is 6.58. The van der Waals surface area contributed by atoms with E-state index in [1.165, 1.54) is 11.1 Å². The summed E-state index contributed by atoms with van der Waals surface area (Å²) in [4.78, 5) is 0. The third-order valence-electron chi connectivity index (χ3n) is 3.05. The molecular weight excluding hydrogens is 248 g/mol. The lowest BCUT2D eigenvalue weighted by molar-refractivity contribution is 0.185. The quantitative estimate of drug-likeness (QED) is 0.874.